The number of nitrogens with zero attached hydrogens (tertiary/aromatic N) is 2. The number of halogens is 1. The number of nitrogens with one attached hydrogen (secondary N) is 1. The lowest BCUT2D eigenvalue weighted by Gasteiger charge is -2.11. The summed E-state index contributed by atoms with van der Waals surface area (Å²) < 4.78 is 11.5. The third-order valence-corrected chi connectivity index (χ3v) is 6.76. The van der Waals surface area contributed by atoms with Crippen LogP contribution in [0.2, 0.25) is 0 Å². The van der Waals surface area contributed by atoms with Gasteiger partial charge in [0.15, 0.2) is 10.8 Å². The maximum Gasteiger partial charge on any atom is 0.347 e. The van der Waals surface area contributed by atoms with E-state index in [-0.39, 0.29) is 28.3 Å². The van der Waals surface area contributed by atoms with E-state index >= 15 is 0 Å². The van der Waals surface area contributed by atoms with Gasteiger partial charge >= 0.3 is 5.63 Å². The molecule has 0 atom stereocenters. The van der Waals surface area contributed by atoms with E-state index in [0.29, 0.717) is 39.5 Å². The molecule has 3 N–H and O–H groups in total. The van der Waals surface area contributed by atoms with Crippen molar-refractivity contribution >= 4 is 50.3 Å². The van der Waals surface area contributed by atoms with Crippen LogP contribution in [0, 0.1) is 22.7 Å². The first-order valence-electron chi connectivity index (χ1n) is 10.7. The topological polar surface area (TPSA) is 144 Å². The zero-order chi connectivity index (χ0) is 25.8. The second kappa shape index (κ2) is 10.6. The van der Waals surface area contributed by atoms with Crippen LogP contribution in [0.1, 0.15) is 28.4 Å². The lowest BCUT2D eigenvalue weighted by Crippen LogP contribution is -2.20. The van der Waals surface area contributed by atoms with Crippen LogP contribution in [0.25, 0.3) is 22.1 Å². The van der Waals surface area contributed by atoms with Crippen molar-refractivity contribution in [2.45, 2.75) is 11.9 Å². The summed E-state index contributed by atoms with van der Waals surface area (Å²) in [5.74, 6) is 0.0720. The molecule has 178 valence electrons. The van der Waals surface area contributed by atoms with Gasteiger partial charge in [-0.05, 0) is 48.9 Å². The van der Waals surface area contributed by atoms with Crippen molar-refractivity contribution < 1.29 is 18.9 Å². The van der Waals surface area contributed by atoms with Crippen molar-refractivity contribution in [1.29, 1.82) is 10.5 Å². The number of hydrogen-bond acceptors (Lipinski definition) is 8. The Morgan fingerprint density at radius 1 is 1.14 bits per heavy atom. The van der Waals surface area contributed by atoms with Crippen LogP contribution in [0.3, 0.4) is 0 Å². The Morgan fingerprint density at radius 2 is 1.86 bits per heavy atom. The summed E-state index contributed by atoms with van der Waals surface area (Å²) in [6.45, 7) is 2.37. The molecule has 8 nitrogen and oxygen atoms in total. The monoisotopic (exact) mass is 561 g/mol. The smallest absolute Gasteiger partial charge is 0.347 e. The van der Waals surface area contributed by atoms with Gasteiger partial charge in [-0.15, -0.1) is 0 Å². The summed E-state index contributed by atoms with van der Waals surface area (Å²) in [5.41, 5.74) is 6.87. The third kappa shape index (κ3) is 4.96. The highest BCUT2D eigenvalue weighted by Crippen LogP contribution is 2.34. The van der Waals surface area contributed by atoms with Gasteiger partial charge in [0.25, 0.3) is 5.82 Å². The fourth-order valence-electron chi connectivity index (χ4n) is 3.63. The number of rotatable bonds is 7. The van der Waals surface area contributed by atoms with Crippen molar-refractivity contribution in [2.24, 2.45) is 0 Å². The zero-order valence-electron chi connectivity index (χ0n) is 18.9. The highest BCUT2D eigenvalue weighted by atomic mass is 79.9. The number of hydrogen-bond donors (Lipinski definition) is 1. The lowest BCUT2D eigenvalue weighted by molar-refractivity contribution is -0.410. The normalized spacial score (nSPS) is 10.6. The SMILES string of the molecule is CCOc1ccc(-c2c(C#N)c(N)[nH+]c(SCC(=O)c3cc4cc(Br)ccc4oc3=O)c2C#N)cc1. The largest absolute Gasteiger partial charge is 0.494 e. The minimum atomic E-state index is -0.741. The van der Waals surface area contributed by atoms with E-state index in [0.717, 1.165) is 16.2 Å². The molecule has 2 aromatic carbocycles. The lowest BCUT2D eigenvalue weighted by atomic mass is 9.97. The number of pyridine rings is 1. The van der Waals surface area contributed by atoms with E-state index in [1.807, 2.05) is 6.92 Å². The number of ketones is 1. The molecule has 0 saturated carbocycles. The summed E-state index contributed by atoms with van der Waals surface area (Å²) in [5, 5.41) is 20.6. The van der Waals surface area contributed by atoms with Crippen molar-refractivity contribution in [3.05, 3.63) is 80.1 Å². The van der Waals surface area contributed by atoms with Gasteiger partial charge in [0.05, 0.1) is 12.4 Å². The number of Topliss-reactive ketones (excluding diaryl/α,β-unsaturated/α-hetero) is 1. The van der Waals surface area contributed by atoms with E-state index in [4.69, 9.17) is 14.9 Å². The van der Waals surface area contributed by atoms with Crippen molar-refractivity contribution in [2.75, 3.05) is 18.1 Å². The molecule has 2 heterocycles. The molecular formula is C26H18BrN4O4S+. The number of H-pyrrole nitrogens is 1. The molecule has 0 amide bonds. The molecule has 0 aliphatic carbocycles. The highest BCUT2D eigenvalue weighted by molar-refractivity contribution is 9.10. The van der Waals surface area contributed by atoms with Gasteiger partial charge in [-0.25, -0.2) is 9.78 Å². The van der Waals surface area contributed by atoms with E-state index in [2.05, 4.69) is 33.1 Å². The molecule has 36 heavy (non-hydrogen) atoms. The number of benzene rings is 2. The fourth-order valence-corrected chi connectivity index (χ4v) is 4.91. The Bertz CT molecular complexity index is 1640. The van der Waals surface area contributed by atoms with Gasteiger partial charge in [-0.2, -0.15) is 10.5 Å². The van der Waals surface area contributed by atoms with Crippen molar-refractivity contribution in [1.82, 2.24) is 0 Å². The number of aromatic nitrogens is 1. The summed E-state index contributed by atoms with van der Waals surface area (Å²) in [4.78, 5) is 28.2. The molecule has 10 heteroatoms. The quantitative estimate of drug-likeness (QED) is 0.193. The summed E-state index contributed by atoms with van der Waals surface area (Å²) >= 11 is 4.37. The number of nitrogen functional groups attached to an aromatic ring is 1. The van der Waals surface area contributed by atoms with Crippen LogP contribution in [0.5, 0.6) is 5.75 Å². The second-order valence-corrected chi connectivity index (χ2v) is 9.42. The van der Waals surface area contributed by atoms with Gasteiger partial charge in [-0.1, -0.05) is 39.8 Å². The second-order valence-electron chi connectivity index (χ2n) is 7.52. The Kier molecular flexibility index (Phi) is 7.39. The van der Waals surface area contributed by atoms with Gasteiger partial charge < -0.3 is 9.15 Å². The number of thioether (sulfide) groups is 1. The van der Waals surface area contributed by atoms with E-state index in [1.165, 1.54) is 6.07 Å². The number of carbonyl (C=O) groups excluding carboxylic acids is 1. The predicted octanol–water partition coefficient (Wildman–Crippen LogP) is 4.74. The Labute approximate surface area is 218 Å². The number of ether oxygens (including phenoxy) is 1. The number of carbonyl (C=O) groups is 1. The molecule has 0 radical (unpaired) electrons. The molecule has 4 rings (SSSR count). The summed E-state index contributed by atoms with van der Waals surface area (Å²) in [7, 11) is 0. The average molecular weight is 562 g/mol. The molecule has 4 aromatic rings. The molecule has 2 aromatic heterocycles. The molecule has 0 aliphatic rings. The summed E-state index contributed by atoms with van der Waals surface area (Å²) in [6.07, 6.45) is 0. The van der Waals surface area contributed by atoms with Crippen molar-refractivity contribution in [3.63, 3.8) is 0 Å². The van der Waals surface area contributed by atoms with Crippen LogP contribution in [0.4, 0.5) is 5.82 Å². The molecular weight excluding hydrogens is 544 g/mol. The third-order valence-electron chi connectivity index (χ3n) is 5.26. The molecule has 0 spiro atoms. The van der Waals surface area contributed by atoms with Gasteiger partial charge in [0, 0.05) is 15.4 Å². The van der Waals surface area contributed by atoms with Crippen LogP contribution < -0.4 is 21.1 Å². The number of fused-ring (bicyclic) bond motifs is 1. The Hall–Kier alpha value is -4.12. The van der Waals surface area contributed by atoms with E-state index < -0.39 is 11.4 Å². The maximum absolute atomic E-state index is 12.9. The highest BCUT2D eigenvalue weighted by Gasteiger charge is 2.25. The first kappa shape index (κ1) is 25.0. The van der Waals surface area contributed by atoms with Crippen LogP contribution >= 0.6 is 27.7 Å². The Balaban J connectivity index is 1.70. The number of aromatic amines is 1. The first-order valence-corrected chi connectivity index (χ1v) is 12.5. The van der Waals surface area contributed by atoms with E-state index in [1.54, 1.807) is 42.5 Å². The number of nitrogens with two attached hydrogens (primary N) is 1. The van der Waals surface area contributed by atoms with Crippen LogP contribution in [-0.4, -0.2) is 18.1 Å². The number of anilines is 1. The fraction of sp³-hybridized carbons (Fsp3) is 0.115. The maximum atomic E-state index is 12.9. The predicted molar refractivity (Wildman–Crippen MR) is 139 cm³/mol. The van der Waals surface area contributed by atoms with Gasteiger partial charge in [0.2, 0.25) is 0 Å². The Morgan fingerprint density at radius 3 is 2.53 bits per heavy atom. The van der Waals surface area contributed by atoms with Gasteiger partial charge in [-0.3, -0.25) is 10.5 Å². The molecule has 0 aliphatic heterocycles. The minimum absolute atomic E-state index is 0.0606. The van der Waals surface area contributed by atoms with E-state index in [9.17, 15) is 20.1 Å². The van der Waals surface area contributed by atoms with Crippen molar-refractivity contribution in [3.8, 4) is 29.0 Å². The molecule has 0 unspecified atom stereocenters. The zero-order valence-corrected chi connectivity index (χ0v) is 21.3. The molecule has 0 bridgehead atoms. The molecule has 0 saturated heterocycles. The minimum Gasteiger partial charge on any atom is -0.494 e. The summed E-state index contributed by atoms with van der Waals surface area (Å²) in [6, 6.07) is 17.7. The standard InChI is InChI=1S/C26H17BrN4O4S/c1-2-34-17-6-3-14(4-7-17)23-19(11-28)24(30)31-25(20(23)12-29)36-13-21(32)18-10-15-9-16(27)5-8-22(15)35-26(18)33/h3-10H,2,13H2,1H3,(H2,30,31)/p+1. The van der Waals surface area contributed by atoms with Gasteiger partial charge in [0.1, 0.15) is 40.2 Å². The van der Waals surface area contributed by atoms with Crippen LogP contribution in [-0.2, 0) is 0 Å². The number of nitriles is 2. The average Bonchev–Trinajstić information content (AvgIpc) is 2.87. The first-order chi connectivity index (χ1) is 17.4. The van der Waals surface area contributed by atoms with Crippen LogP contribution in [0.15, 0.2) is 67.2 Å². The molecule has 0 fully saturated rings.